The lowest BCUT2D eigenvalue weighted by Gasteiger charge is -2.33. The van der Waals surface area contributed by atoms with Crippen LogP contribution in [0.4, 0.5) is 0 Å². The van der Waals surface area contributed by atoms with Crippen LogP contribution >= 0.6 is 0 Å². The smallest absolute Gasteiger partial charge is 0.0890 e. The second-order valence-corrected chi connectivity index (χ2v) is 8.60. The van der Waals surface area contributed by atoms with Crippen molar-refractivity contribution in [3.05, 3.63) is 23.8 Å². The van der Waals surface area contributed by atoms with Crippen LogP contribution in [0.3, 0.4) is 0 Å². The van der Waals surface area contributed by atoms with Gasteiger partial charge in [0.25, 0.3) is 0 Å². The Hall–Kier alpha value is -0.560. The molecule has 0 radical (unpaired) electrons. The van der Waals surface area contributed by atoms with Crippen molar-refractivity contribution < 1.29 is 5.11 Å². The standard InChI is InChI=1S/C25H46O/c1-4-6-8-10-12-14-16-18-24-19-21-25(26,23(3)22-24)20-17-15-13-11-9-7-5-2/h19,21-23,26H,4-18,20H2,1-3H3. The zero-order valence-electron chi connectivity index (χ0n) is 18.1. The molecule has 1 rings (SSSR count). The van der Waals surface area contributed by atoms with E-state index in [2.05, 4.69) is 39.0 Å². The maximum absolute atomic E-state index is 11.0. The SMILES string of the molecule is CCCCCCCCCC1=CC(C)C(O)(CCCCCCCCC)C=C1. The van der Waals surface area contributed by atoms with E-state index in [1.807, 2.05) is 0 Å². The van der Waals surface area contributed by atoms with Crippen LogP contribution in [0.15, 0.2) is 23.8 Å². The van der Waals surface area contributed by atoms with Gasteiger partial charge in [-0.05, 0) is 19.3 Å². The number of rotatable bonds is 16. The lowest BCUT2D eigenvalue weighted by Crippen LogP contribution is -2.35. The van der Waals surface area contributed by atoms with E-state index in [1.54, 1.807) is 0 Å². The maximum Gasteiger partial charge on any atom is 0.0890 e. The van der Waals surface area contributed by atoms with Crippen LogP contribution in [-0.4, -0.2) is 10.7 Å². The lowest BCUT2D eigenvalue weighted by molar-refractivity contribution is 0.0412. The normalized spacial score (nSPS) is 22.6. The average Bonchev–Trinajstić information content (AvgIpc) is 2.63. The first kappa shape index (κ1) is 23.5. The Morgan fingerprint density at radius 1 is 0.769 bits per heavy atom. The van der Waals surface area contributed by atoms with Crippen molar-refractivity contribution in [1.82, 2.24) is 0 Å². The van der Waals surface area contributed by atoms with Crippen LogP contribution in [-0.2, 0) is 0 Å². The molecule has 1 N–H and O–H groups in total. The van der Waals surface area contributed by atoms with Crippen molar-refractivity contribution in [3.8, 4) is 0 Å². The summed E-state index contributed by atoms with van der Waals surface area (Å²) < 4.78 is 0. The van der Waals surface area contributed by atoms with Crippen LogP contribution in [0, 0.1) is 5.92 Å². The number of hydrogen-bond donors (Lipinski definition) is 1. The van der Waals surface area contributed by atoms with Gasteiger partial charge in [-0.15, -0.1) is 0 Å². The Balaban J connectivity index is 2.16. The van der Waals surface area contributed by atoms with Crippen molar-refractivity contribution in [2.75, 3.05) is 0 Å². The first-order valence-corrected chi connectivity index (χ1v) is 11.7. The van der Waals surface area contributed by atoms with Crippen LogP contribution in [0.5, 0.6) is 0 Å². The van der Waals surface area contributed by atoms with Gasteiger partial charge >= 0.3 is 0 Å². The van der Waals surface area contributed by atoms with E-state index in [4.69, 9.17) is 0 Å². The minimum Gasteiger partial charge on any atom is -0.385 e. The molecule has 0 aromatic rings. The van der Waals surface area contributed by atoms with Crippen molar-refractivity contribution in [3.63, 3.8) is 0 Å². The molecule has 1 nitrogen and oxygen atoms in total. The summed E-state index contributed by atoms with van der Waals surface area (Å²) >= 11 is 0. The molecule has 0 bridgehead atoms. The molecule has 152 valence electrons. The molecule has 1 aliphatic rings. The van der Waals surface area contributed by atoms with Gasteiger partial charge in [0.05, 0.1) is 5.60 Å². The molecule has 0 fully saturated rings. The van der Waals surface area contributed by atoms with Crippen molar-refractivity contribution >= 4 is 0 Å². The predicted octanol–water partition coefficient (Wildman–Crippen LogP) is 8.13. The maximum atomic E-state index is 11.0. The topological polar surface area (TPSA) is 20.2 Å². The summed E-state index contributed by atoms with van der Waals surface area (Å²) in [6, 6.07) is 0. The van der Waals surface area contributed by atoms with Crippen LogP contribution in [0.2, 0.25) is 0 Å². The molecule has 26 heavy (non-hydrogen) atoms. The molecular formula is C25H46O. The molecule has 2 atom stereocenters. The van der Waals surface area contributed by atoms with Crippen LogP contribution < -0.4 is 0 Å². The monoisotopic (exact) mass is 362 g/mol. The molecule has 0 aromatic carbocycles. The van der Waals surface area contributed by atoms with E-state index in [0.717, 1.165) is 12.8 Å². The summed E-state index contributed by atoms with van der Waals surface area (Å²) in [7, 11) is 0. The highest BCUT2D eigenvalue weighted by atomic mass is 16.3. The van der Waals surface area contributed by atoms with Gasteiger partial charge in [0.1, 0.15) is 0 Å². The molecule has 1 aliphatic carbocycles. The lowest BCUT2D eigenvalue weighted by atomic mass is 9.78. The highest BCUT2D eigenvalue weighted by Gasteiger charge is 2.31. The minimum absolute atomic E-state index is 0.257. The fraction of sp³-hybridized carbons (Fsp3) is 0.840. The second kappa shape index (κ2) is 14.5. The average molecular weight is 363 g/mol. The van der Waals surface area contributed by atoms with E-state index in [0.29, 0.717) is 0 Å². The van der Waals surface area contributed by atoms with Gasteiger partial charge in [-0.2, -0.15) is 0 Å². The van der Waals surface area contributed by atoms with E-state index in [9.17, 15) is 5.11 Å². The van der Waals surface area contributed by atoms with E-state index in [1.165, 1.54) is 95.5 Å². The molecule has 0 aliphatic heterocycles. The third-order valence-corrected chi connectivity index (χ3v) is 6.09. The third-order valence-electron chi connectivity index (χ3n) is 6.09. The molecular weight excluding hydrogens is 316 g/mol. The quantitative estimate of drug-likeness (QED) is 0.275. The molecule has 0 saturated carbocycles. The first-order valence-electron chi connectivity index (χ1n) is 11.7. The van der Waals surface area contributed by atoms with E-state index >= 15 is 0 Å². The number of aliphatic hydroxyl groups is 1. The van der Waals surface area contributed by atoms with Gasteiger partial charge in [0, 0.05) is 5.92 Å². The molecule has 0 heterocycles. The fourth-order valence-corrected chi connectivity index (χ4v) is 4.05. The number of unbranched alkanes of at least 4 members (excludes halogenated alkanes) is 12. The van der Waals surface area contributed by atoms with Gasteiger partial charge in [0.2, 0.25) is 0 Å². The minimum atomic E-state index is -0.604. The molecule has 2 unspecified atom stereocenters. The molecule has 0 spiro atoms. The Bertz CT molecular complexity index is 395. The van der Waals surface area contributed by atoms with Gasteiger partial charge < -0.3 is 5.11 Å². The fourth-order valence-electron chi connectivity index (χ4n) is 4.05. The molecule has 0 amide bonds. The molecule has 0 aromatic heterocycles. The Labute approximate surface area is 164 Å². The van der Waals surface area contributed by atoms with E-state index < -0.39 is 5.60 Å². The van der Waals surface area contributed by atoms with E-state index in [-0.39, 0.29) is 5.92 Å². The highest BCUT2D eigenvalue weighted by molar-refractivity contribution is 5.29. The van der Waals surface area contributed by atoms with Gasteiger partial charge in [-0.1, -0.05) is 128 Å². The zero-order chi connectivity index (χ0) is 19.1. The largest absolute Gasteiger partial charge is 0.385 e. The van der Waals surface area contributed by atoms with Crippen molar-refractivity contribution in [1.29, 1.82) is 0 Å². The van der Waals surface area contributed by atoms with Gasteiger partial charge in [-0.3, -0.25) is 0 Å². The van der Waals surface area contributed by atoms with Gasteiger partial charge in [0.15, 0.2) is 0 Å². The highest BCUT2D eigenvalue weighted by Crippen LogP contribution is 2.33. The second-order valence-electron chi connectivity index (χ2n) is 8.60. The van der Waals surface area contributed by atoms with Crippen molar-refractivity contribution in [2.45, 2.75) is 129 Å². The Morgan fingerprint density at radius 2 is 1.27 bits per heavy atom. The first-order chi connectivity index (χ1) is 12.6. The molecule has 1 heteroatoms. The summed E-state index contributed by atoms with van der Waals surface area (Å²) in [6.45, 7) is 6.73. The van der Waals surface area contributed by atoms with Crippen molar-refractivity contribution in [2.24, 2.45) is 5.92 Å². The summed E-state index contributed by atoms with van der Waals surface area (Å²) in [5.41, 5.74) is 0.836. The number of allylic oxidation sites excluding steroid dienone is 2. The summed E-state index contributed by atoms with van der Waals surface area (Å²) in [5, 5.41) is 11.0. The Morgan fingerprint density at radius 3 is 1.81 bits per heavy atom. The third kappa shape index (κ3) is 9.95. The number of hydrogen-bond acceptors (Lipinski definition) is 1. The summed E-state index contributed by atoms with van der Waals surface area (Å²) in [5.74, 6) is 0.257. The van der Waals surface area contributed by atoms with Crippen LogP contribution in [0.25, 0.3) is 0 Å². The molecule has 0 saturated heterocycles. The zero-order valence-corrected chi connectivity index (χ0v) is 18.1. The van der Waals surface area contributed by atoms with Crippen LogP contribution in [0.1, 0.15) is 124 Å². The summed E-state index contributed by atoms with van der Waals surface area (Å²) in [4.78, 5) is 0. The Kier molecular flexibility index (Phi) is 13.1. The predicted molar refractivity (Wildman–Crippen MR) is 117 cm³/mol. The summed E-state index contributed by atoms with van der Waals surface area (Å²) in [6.07, 6.45) is 27.5. The van der Waals surface area contributed by atoms with Gasteiger partial charge in [-0.25, -0.2) is 0 Å².